The van der Waals surface area contributed by atoms with E-state index in [2.05, 4.69) is 87.7 Å². The second-order valence-electron chi connectivity index (χ2n) is 5.10. The van der Waals surface area contributed by atoms with E-state index in [-0.39, 0.29) is 0 Å². The highest BCUT2D eigenvalue weighted by atomic mass is 79.9. The zero-order valence-corrected chi connectivity index (χ0v) is 14.3. The Morgan fingerprint density at radius 3 is 2.48 bits per heavy atom. The molecule has 2 aromatic carbocycles. The van der Waals surface area contributed by atoms with Crippen molar-refractivity contribution >= 4 is 21.6 Å². The maximum Gasteiger partial charge on any atom is 0.0366 e. The number of para-hydroxylation sites is 1. The summed E-state index contributed by atoms with van der Waals surface area (Å²) in [7, 11) is 2.03. The van der Waals surface area contributed by atoms with E-state index in [1.165, 1.54) is 11.3 Å². The average Bonchev–Trinajstić information content (AvgIpc) is 2.52. The Labute approximate surface area is 136 Å². The van der Waals surface area contributed by atoms with Crippen molar-refractivity contribution in [3.8, 4) is 0 Å². The fourth-order valence-corrected chi connectivity index (χ4v) is 3.01. The van der Waals surface area contributed by atoms with Gasteiger partial charge in [0.05, 0.1) is 0 Å². The van der Waals surface area contributed by atoms with Gasteiger partial charge in [-0.1, -0.05) is 46.3 Å². The summed E-state index contributed by atoms with van der Waals surface area (Å²) in [6.45, 7) is 4.28. The van der Waals surface area contributed by atoms with Crippen LogP contribution in [0.5, 0.6) is 0 Å². The lowest BCUT2D eigenvalue weighted by Gasteiger charge is -2.26. The predicted octanol–water partition coefficient (Wildman–Crippen LogP) is 4.63. The van der Waals surface area contributed by atoms with E-state index >= 15 is 0 Å². The monoisotopic (exact) mass is 346 g/mol. The second kappa shape index (κ2) is 8.20. The Morgan fingerprint density at radius 1 is 1.10 bits per heavy atom. The third kappa shape index (κ3) is 4.58. The molecule has 3 heteroatoms. The summed E-state index contributed by atoms with van der Waals surface area (Å²) in [5.41, 5.74) is 2.63. The number of nitrogens with one attached hydrogen (secondary N) is 1. The van der Waals surface area contributed by atoms with Crippen molar-refractivity contribution in [2.24, 2.45) is 0 Å². The summed E-state index contributed by atoms with van der Waals surface area (Å²) in [6.07, 6.45) is 1.08. The van der Waals surface area contributed by atoms with Crippen LogP contribution in [0.1, 0.15) is 24.9 Å². The third-order valence-electron chi connectivity index (χ3n) is 3.79. The van der Waals surface area contributed by atoms with E-state index in [9.17, 15) is 0 Å². The molecule has 0 fully saturated rings. The summed E-state index contributed by atoms with van der Waals surface area (Å²) < 4.78 is 1.13. The van der Waals surface area contributed by atoms with Gasteiger partial charge in [0.25, 0.3) is 0 Å². The number of hydrogen-bond donors (Lipinski definition) is 1. The lowest BCUT2D eigenvalue weighted by Crippen LogP contribution is -2.28. The van der Waals surface area contributed by atoms with E-state index in [1.54, 1.807) is 0 Å². The highest BCUT2D eigenvalue weighted by molar-refractivity contribution is 9.10. The van der Waals surface area contributed by atoms with Gasteiger partial charge in [0.15, 0.2) is 0 Å². The molecule has 1 N–H and O–H groups in total. The first-order valence-corrected chi connectivity index (χ1v) is 8.26. The zero-order chi connectivity index (χ0) is 15.1. The maximum absolute atomic E-state index is 3.55. The Bertz CT molecular complexity index is 542. The van der Waals surface area contributed by atoms with Crippen LogP contribution in [0, 0.1) is 0 Å². The molecule has 2 aromatic rings. The highest BCUT2D eigenvalue weighted by Gasteiger charge is 2.12. The van der Waals surface area contributed by atoms with Gasteiger partial charge in [-0.15, -0.1) is 0 Å². The first-order valence-electron chi connectivity index (χ1n) is 7.47. The minimum Gasteiger partial charge on any atom is -0.372 e. The van der Waals surface area contributed by atoms with Crippen LogP contribution in [0.4, 0.5) is 5.69 Å². The van der Waals surface area contributed by atoms with E-state index in [1.807, 2.05) is 7.05 Å². The molecule has 1 unspecified atom stereocenters. The molecule has 112 valence electrons. The minimum absolute atomic E-state index is 0.375. The standard InChI is InChI=1S/C18H23BrN2/c1-3-21(17-10-5-4-6-11-17)13-12-18(20-2)15-8-7-9-16(19)14-15/h4-11,14,18,20H,3,12-13H2,1-2H3. The highest BCUT2D eigenvalue weighted by Crippen LogP contribution is 2.22. The Hall–Kier alpha value is -1.32. The molecule has 0 aliphatic carbocycles. The summed E-state index contributed by atoms with van der Waals surface area (Å²) in [5, 5.41) is 3.43. The topological polar surface area (TPSA) is 15.3 Å². The molecule has 0 aromatic heterocycles. The van der Waals surface area contributed by atoms with Crippen LogP contribution >= 0.6 is 15.9 Å². The molecule has 21 heavy (non-hydrogen) atoms. The zero-order valence-electron chi connectivity index (χ0n) is 12.7. The summed E-state index contributed by atoms with van der Waals surface area (Å²) in [4.78, 5) is 2.42. The number of anilines is 1. The molecule has 0 saturated carbocycles. The normalized spacial score (nSPS) is 12.1. The van der Waals surface area contributed by atoms with Crippen molar-refractivity contribution in [1.82, 2.24) is 5.32 Å². The summed E-state index contributed by atoms with van der Waals surface area (Å²) in [6, 6.07) is 19.5. The molecule has 0 aliphatic rings. The number of rotatable bonds is 7. The molecule has 0 spiro atoms. The fraction of sp³-hybridized carbons (Fsp3) is 0.333. The van der Waals surface area contributed by atoms with Gasteiger partial charge in [0.2, 0.25) is 0 Å². The molecular weight excluding hydrogens is 324 g/mol. The van der Waals surface area contributed by atoms with Crippen molar-refractivity contribution in [3.05, 3.63) is 64.6 Å². The molecule has 0 amide bonds. The molecule has 2 rings (SSSR count). The van der Waals surface area contributed by atoms with Crippen LogP contribution in [-0.2, 0) is 0 Å². The van der Waals surface area contributed by atoms with Crippen molar-refractivity contribution in [1.29, 1.82) is 0 Å². The van der Waals surface area contributed by atoms with Gasteiger partial charge in [0.1, 0.15) is 0 Å². The van der Waals surface area contributed by atoms with Gasteiger partial charge in [-0.25, -0.2) is 0 Å². The van der Waals surface area contributed by atoms with E-state index < -0.39 is 0 Å². The SMILES string of the molecule is CCN(CCC(NC)c1cccc(Br)c1)c1ccccc1. The number of benzene rings is 2. The van der Waals surface area contributed by atoms with Crippen LogP contribution < -0.4 is 10.2 Å². The van der Waals surface area contributed by atoms with Crippen molar-refractivity contribution in [3.63, 3.8) is 0 Å². The molecule has 0 bridgehead atoms. The smallest absolute Gasteiger partial charge is 0.0366 e. The van der Waals surface area contributed by atoms with Crippen LogP contribution in [0.25, 0.3) is 0 Å². The molecular formula is C18H23BrN2. The van der Waals surface area contributed by atoms with Gasteiger partial charge in [0, 0.05) is 29.3 Å². The van der Waals surface area contributed by atoms with Gasteiger partial charge in [-0.05, 0) is 50.2 Å². The van der Waals surface area contributed by atoms with Gasteiger partial charge in [-0.2, -0.15) is 0 Å². The number of halogens is 1. The molecule has 2 nitrogen and oxygen atoms in total. The second-order valence-corrected chi connectivity index (χ2v) is 6.02. The molecule has 0 aliphatic heterocycles. The van der Waals surface area contributed by atoms with Gasteiger partial charge >= 0.3 is 0 Å². The van der Waals surface area contributed by atoms with E-state index in [4.69, 9.17) is 0 Å². The van der Waals surface area contributed by atoms with Gasteiger partial charge in [-0.3, -0.25) is 0 Å². The molecule has 0 heterocycles. The average molecular weight is 347 g/mol. The minimum atomic E-state index is 0.375. The Balaban J connectivity index is 2.02. The van der Waals surface area contributed by atoms with Crippen LogP contribution in [0.15, 0.2) is 59.1 Å². The van der Waals surface area contributed by atoms with Crippen molar-refractivity contribution in [2.75, 3.05) is 25.0 Å². The Morgan fingerprint density at radius 2 is 1.86 bits per heavy atom. The molecule has 0 radical (unpaired) electrons. The van der Waals surface area contributed by atoms with Gasteiger partial charge < -0.3 is 10.2 Å². The summed E-state index contributed by atoms with van der Waals surface area (Å²) >= 11 is 3.55. The number of nitrogens with zero attached hydrogens (tertiary/aromatic N) is 1. The van der Waals surface area contributed by atoms with Crippen LogP contribution in [-0.4, -0.2) is 20.1 Å². The quantitative estimate of drug-likeness (QED) is 0.786. The van der Waals surface area contributed by atoms with Crippen LogP contribution in [0.3, 0.4) is 0 Å². The maximum atomic E-state index is 3.55. The first kappa shape index (κ1) is 16.1. The van der Waals surface area contributed by atoms with Crippen molar-refractivity contribution < 1.29 is 0 Å². The largest absolute Gasteiger partial charge is 0.372 e. The van der Waals surface area contributed by atoms with E-state index in [0.717, 1.165) is 24.0 Å². The first-order chi connectivity index (χ1) is 10.2. The van der Waals surface area contributed by atoms with Crippen LogP contribution in [0.2, 0.25) is 0 Å². The molecule has 1 atom stereocenters. The fourth-order valence-electron chi connectivity index (χ4n) is 2.59. The third-order valence-corrected chi connectivity index (χ3v) is 4.28. The van der Waals surface area contributed by atoms with Crippen molar-refractivity contribution in [2.45, 2.75) is 19.4 Å². The number of hydrogen-bond acceptors (Lipinski definition) is 2. The predicted molar refractivity (Wildman–Crippen MR) is 94.9 cm³/mol. The lowest BCUT2D eigenvalue weighted by atomic mass is 10.0. The van der Waals surface area contributed by atoms with E-state index in [0.29, 0.717) is 6.04 Å². The molecule has 0 saturated heterocycles. The summed E-state index contributed by atoms with van der Waals surface area (Å²) in [5.74, 6) is 0. The lowest BCUT2D eigenvalue weighted by molar-refractivity contribution is 0.543. The Kier molecular flexibility index (Phi) is 6.27.